The van der Waals surface area contributed by atoms with E-state index in [-0.39, 0.29) is 11.4 Å². The summed E-state index contributed by atoms with van der Waals surface area (Å²) in [5.74, 6) is 0.373. The van der Waals surface area contributed by atoms with Gasteiger partial charge < -0.3 is 5.32 Å². The van der Waals surface area contributed by atoms with E-state index in [1.807, 2.05) is 13.0 Å². The number of rotatable bonds is 6. The first kappa shape index (κ1) is 15.4. The molecule has 2 aromatic rings. The maximum absolute atomic E-state index is 12.7. The van der Waals surface area contributed by atoms with Crippen LogP contribution < -0.4 is 5.32 Å². The normalized spacial score (nSPS) is 11.6. The second-order valence-electron chi connectivity index (χ2n) is 4.50. The molecule has 1 N–H and O–H groups in total. The molecule has 0 radical (unpaired) electrons. The predicted molar refractivity (Wildman–Crippen MR) is 81.3 cm³/mol. The molecule has 2 aromatic heterocycles. The summed E-state index contributed by atoms with van der Waals surface area (Å²) in [6.07, 6.45) is 4.88. The van der Waals surface area contributed by atoms with Gasteiger partial charge in [0.1, 0.15) is 10.7 Å². The third kappa shape index (κ3) is 3.56. The van der Waals surface area contributed by atoms with Gasteiger partial charge in [0.25, 0.3) is 0 Å². The van der Waals surface area contributed by atoms with Gasteiger partial charge in [-0.05, 0) is 30.7 Å². The molecule has 0 amide bonds. The average Bonchev–Trinajstić information content (AvgIpc) is 2.49. The van der Waals surface area contributed by atoms with E-state index in [4.69, 9.17) is 0 Å². The molecule has 2 heterocycles. The molecule has 0 atom stereocenters. The molecular formula is C14H18N4O2S. The van der Waals surface area contributed by atoms with Gasteiger partial charge in [0.15, 0.2) is 0 Å². The SMILES string of the molecule is CCNc1ncccc1S(=O)(=O)N(C)Cc1cccnc1. The summed E-state index contributed by atoms with van der Waals surface area (Å²) < 4.78 is 26.6. The third-order valence-electron chi connectivity index (χ3n) is 2.93. The third-order valence-corrected chi connectivity index (χ3v) is 4.77. The van der Waals surface area contributed by atoms with Crippen LogP contribution in [0, 0.1) is 0 Å². The summed E-state index contributed by atoms with van der Waals surface area (Å²) in [6.45, 7) is 2.76. The highest BCUT2D eigenvalue weighted by molar-refractivity contribution is 7.89. The molecule has 0 fully saturated rings. The molecule has 0 aromatic carbocycles. The summed E-state index contributed by atoms with van der Waals surface area (Å²) >= 11 is 0. The standard InChI is InChI=1S/C14H18N4O2S/c1-3-16-14-13(7-5-9-17-14)21(19,20)18(2)11-12-6-4-8-15-10-12/h4-10H,3,11H2,1-2H3,(H,16,17). The predicted octanol–water partition coefficient (Wildman–Crippen LogP) is 1.73. The van der Waals surface area contributed by atoms with Gasteiger partial charge in [-0.25, -0.2) is 13.4 Å². The number of nitrogens with one attached hydrogen (secondary N) is 1. The van der Waals surface area contributed by atoms with Crippen LogP contribution in [-0.2, 0) is 16.6 Å². The minimum atomic E-state index is -3.61. The Hall–Kier alpha value is -1.99. The Morgan fingerprint density at radius 1 is 1.24 bits per heavy atom. The molecule has 0 saturated heterocycles. The van der Waals surface area contributed by atoms with Crippen LogP contribution in [0.4, 0.5) is 5.82 Å². The van der Waals surface area contributed by atoms with Crippen LogP contribution in [0.2, 0.25) is 0 Å². The number of nitrogens with zero attached hydrogens (tertiary/aromatic N) is 3. The first-order valence-corrected chi connectivity index (χ1v) is 8.04. The molecule has 112 valence electrons. The summed E-state index contributed by atoms with van der Waals surface area (Å²) in [7, 11) is -2.06. The van der Waals surface area contributed by atoms with Crippen molar-refractivity contribution in [2.75, 3.05) is 18.9 Å². The molecule has 0 aliphatic rings. The van der Waals surface area contributed by atoms with Crippen LogP contribution in [0.3, 0.4) is 0 Å². The van der Waals surface area contributed by atoms with Gasteiger partial charge in [-0.15, -0.1) is 0 Å². The van der Waals surface area contributed by atoms with Gasteiger partial charge in [0.2, 0.25) is 10.0 Å². The van der Waals surface area contributed by atoms with Gasteiger partial charge in [-0.3, -0.25) is 4.98 Å². The monoisotopic (exact) mass is 306 g/mol. The maximum Gasteiger partial charge on any atom is 0.246 e. The van der Waals surface area contributed by atoms with Gasteiger partial charge in [-0.2, -0.15) is 4.31 Å². The molecule has 7 heteroatoms. The summed E-state index contributed by atoms with van der Waals surface area (Å²) in [6, 6.07) is 6.79. The van der Waals surface area contributed by atoms with Crippen LogP contribution in [0.1, 0.15) is 12.5 Å². The molecule has 0 unspecified atom stereocenters. The largest absolute Gasteiger partial charge is 0.369 e. The zero-order valence-electron chi connectivity index (χ0n) is 12.0. The zero-order chi connectivity index (χ0) is 15.3. The molecule has 0 saturated carbocycles. The number of aromatic nitrogens is 2. The van der Waals surface area contributed by atoms with Crippen molar-refractivity contribution >= 4 is 15.8 Å². The maximum atomic E-state index is 12.7. The van der Waals surface area contributed by atoms with Gasteiger partial charge in [-0.1, -0.05) is 6.07 Å². The van der Waals surface area contributed by atoms with Gasteiger partial charge >= 0.3 is 0 Å². The number of anilines is 1. The Morgan fingerprint density at radius 3 is 2.67 bits per heavy atom. The molecule has 0 bridgehead atoms. The number of sulfonamides is 1. The van der Waals surface area contributed by atoms with Gasteiger partial charge in [0, 0.05) is 38.7 Å². The van der Waals surface area contributed by atoms with Crippen LogP contribution in [0.5, 0.6) is 0 Å². The topological polar surface area (TPSA) is 75.2 Å². The second-order valence-corrected chi connectivity index (χ2v) is 6.52. The van der Waals surface area contributed by atoms with Crippen LogP contribution >= 0.6 is 0 Å². The van der Waals surface area contributed by atoms with Crippen LogP contribution in [0.15, 0.2) is 47.8 Å². The fourth-order valence-corrected chi connectivity index (χ4v) is 3.18. The molecule has 0 aliphatic heterocycles. The number of pyridine rings is 2. The quantitative estimate of drug-likeness (QED) is 0.879. The highest BCUT2D eigenvalue weighted by atomic mass is 32.2. The summed E-state index contributed by atoms with van der Waals surface area (Å²) in [4.78, 5) is 8.27. The second kappa shape index (κ2) is 6.64. The Labute approximate surface area is 124 Å². The Kier molecular flexibility index (Phi) is 4.87. The van der Waals surface area contributed by atoms with Crippen molar-refractivity contribution < 1.29 is 8.42 Å². The Morgan fingerprint density at radius 2 is 2.00 bits per heavy atom. The van der Waals surface area contributed by atoms with E-state index in [1.165, 1.54) is 4.31 Å². The Bertz CT molecular complexity index is 689. The van der Waals surface area contributed by atoms with E-state index < -0.39 is 10.0 Å². The lowest BCUT2D eigenvalue weighted by Crippen LogP contribution is -2.27. The lowest BCUT2D eigenvalue weighted by Gasteiger charge is -2.19. The minimum Gasteiger partial charge on any atom is -0.369 e. The van der Waals surface area contributed by atoms with Crippen molar-refractivity contribution in [2.45, 2.75) is 18.4 Å². The first-order valence-electron chi connectivity index (χ1n) is 6.60. The minimum absolute atomic E-state index is 0.179. The molecule has 21 heavy (non-hydrogen) atoms. The van der Waals surface area contributed by atoms with Crippen molar-refractivity contribution in [1.29, 1.82) is 0 Å². The highest BCUT2D eigenvalue weighted by Crippen LogP contribution is 2.22. The number of hydrogen-bond acceptors (Lipinski definition) is 5. The lowest BCUT2D eigenvalue weighted by atomic mass is 10.3. The fourth-order valence-electron chi connectivity index (χ4n) is 1.90. The number of hydrogen-bond donors (Lipinski definition) is 1. The molecule has 6 nitrogen and oxygen atoms in total. The summed E-state index contributed by atoms with van der Waals surface area (Å²) in [5.41, 5.74) is 0.831. The van der Waals surface area contributed by atoms with Crippen LogP contribution in [0.25, 0.3) is 0 Å². The van der Waals surface area contributed by atoms with Crippen molar-refractivity contribution in [3.8, 4) is 0 Å². The highest BCUT2D eigenvalue weighted by Gasteiger charge is 2.24. The molecule has 0 aliphatic carbocycles. The van der Waals surface area contributed by atoms with Crippen molar-refractivity contribution in [3.63, 3.8) is 0 Å². The van der Waals surface area contributed by atoms with Gasteiger partial charge in [0.05, 0.1) is 0 Å². The van der Waals surface area contributed by atoms with Crippen molar-refractivity contribution in [1.82, 2.24) is 14.3 Å². The molecular weight excluding hydrogens is 288 g/mol. The van der Waals surface area contributed by atoms with E-state index in [1.54, 1.807) is 43.8 Å². The smallest absolute Gasteiger partial charge is 0.246 e. The zero-order valence-corrected chi connectivity index (χ0v) is 12.8. The van der Waals surface area contributed by atoms with E-state index in [9.17, 15) is 8.42 Å². The van der Waals surface area contributed by atoms with E-state index in [0.717, 1.165) is 5.56 Å². The van der Waals surface area contributed by atoms with E-state index in [0.29, 0.717) is 12.4 Å². The fraction of sp³-hybridized carbons (Fsp3) is 0.286. The van der Waals surface area contributed by atoms with Crippen molar-refractivity contribution in [2.24, 2.45) is 0 Å². The van der Waals surface area contributed by atoms with E-state index >= 15 is 0 Å². The molecule has 0 spiro atoms. The first-order chi connectivity index (χ1) is 10.1. The summed E-state index contributed by atoms with van der Waals surface area (Å²) in [5, 5.41) is 2.97. The molecule has 2 rings (SSSR count). The van der Waals surface area contributed by atoms with Crippen molar-refractivity contribution in [3.05, 3.63) is 48.4 Å². The van der Waals surface area contributed by atoms with Crippen LogP contribution in [-0.4, -0.2) is 36.3 Å². The lowest BCUT2D eigenvalue weighted by molar-refractivity contribution is 0.466. The average molecular weight is 306 g/mol. The Balaban J connectivity index is 2.29. The van der Waals surface area contributed by atoms with E-state index in [2.05, 4.69) is 15.3 Å².